The van der Waals surface area contributed by atoms with Crippen molar-refractivity contribution in [1.82, 2.24) is 0 Å². The van der Waals surface area contributed by atoms with E-state index in [2.05, 4.69) is 199 Å². The van der Waals surface area contributed by atoms with E-state index < -0.39 is 16.8 Å². The average molecular weight is 991 g/mol. The Hall–Kier alpha value is -4.61. The van der Waals surface area contributed by atoms with Gasteiger partial charge in [-0.3, -0.25) is 4.52 Å². The summed E-state index contributed by atoms with van der Waals surface area (Å²) in [6.45, 7) is 44.6. The van der Waals surface area contributed by atoms with Gasteiger partial charge in [0, 0.05) is 61.7 Å². The SMILES string of the molecule is COc1cc(Cc2cc(OC)cc(C(C)(C)C)c2Op2oc3c(C(C)(C)C)cc(C)cc3c3cc(C)cc(C(C)(C)C)c3o2)c(OP2OCc3cc(C(C)(C)C)cc(C(C)(C)C)c3O2)c(C(C)(C)C)c1. The van der Waals surface area contributed by atoms with Crippen LogP contribution in [0.1, 0.15) is 186 Å². The van der Waals surface area contributed by atoms with Gasteiger partial charge < -0.3 is 31.4 Å². The molecule has 0 radical (unpaired) electrons. The van der Waals surface area contributed by atoms with E-state index in [4.69, 9.17) is 36.0 Å². The molecule has 0 fully saturated rings. The van der Waals surface area contributed by atoms with Gasteiger partial charge in [-0.05, 0) is 105 Å². The largest absolute Gasteiger partial charge is 0.497 e. The molecule has 5 aromatic carbocycles. The van der Waals surface area contributed by atoms with Gasteiger partial charge >= 0.3 is 16.8 Å². The molecule has 0 spiro atoms. The van der Waals surface area contributed by atoms with Crippen molar-refractivity contribution in [1.29, 1.82) is 0 Å². The standard InChI is InChI=1S/C60H80O8P2/c1-35-23-43-44-24-36(2)26-46(57(9,10)11)54(44)68-70(67-53(43)45(25-35)56(6,7)8)66-51-38(30-42(62-22)33-49(51)60(18,19)20)27-37-29-41(61-21)32-48(59(15,16)17)50(37)64-69-63-34-39-28-40(55(3,4)5)31-47(52(39)65-69)58(12,13)14/h23-26,28-33H,27,34H2,1-22H3. The maximum Gasteiger partial charge on any atom is 0.463 e. The molecule has 0 bridgehead atoms. The first-order valence-electron chi connectivity index (χ1n) is 24.7. The van der Waals surface area contributed by atoms with Gasteiger partial charge in [0.05, 0.1) is 20.8 Å². The third-order valence-corrected chi connectivity index (χ3v) is 15.1. The minimum atomic E-state index is -2.10. The number of aryl methyl sites for hydroxylation is 2. The van der Waals surface area contributed by atoms with Crippen molar-refractivity contribution in [3.63, 3.8) is 0 Å². The lowest BCUT2D eigenvalue weighted by Crippen LogP contribution is -2.21. The summed E-state index contributed by atoms with van der Waals surface area (Å²) in [5.74, 6) is 3.61. The fraction of sp³-hybridized carbons (Fsp3) is 0.500. The molecule has 0 amide bonds. The predicted molar refractivity (Wildman–Crippen MR) is 292 cm³/mol. The van der Waals surface area contributed by atoms with Crippen LogP contribution in [0.5, 0.6) is 28.7 Å². The Morgan fingerprint density at radius 3 is 1.30 bits per heavy atom. The van der Waals surface area contributed by atoms with Crippen molar-refractivity contribution in [2.45, 2.75) is 184 Å². The van der Waals surface area contributed by atoms with Crippen molar-refractivity contribution >= 4 is 38.8 Å². The van der Waals surface area contributed by atoms with Gasteiger partial charge in [0.2, 0.25) is 0 Å². The molecule has 1 aliphatic heterocycles. The van der Waals surface area contributed by atoms with Gasteiger partial charge in [-0.1, -0.05) is 143 Å². The Kier molecular flexibility index (Phi) is 14.3. The summed E-state index contributed by atoms with van der Waals surface area (Å²) in [6.07, 6.45) is 0.377. The van der Waals surface area contributed by atoms with Crippen molar-refractivity contribution in [2.75, 3.05) is 14.2 Å². The summed E-state index contributed by atoms with van der Waals surface area (Å²) in [6, 6.07) is 21.7. The van der Waals surface area contributed by atoms with Crippen molar-refractivity contribution in [3.05, 3.63) is 122 Å². The van der Waals surface area contributed by atoms with Gasteiger partial charge in [0.15, 0.2) is 0 Å². The fourth-order valence-electron chi connectivity index (χ4n) is 9.13. The topological polar surface area (TPSA) is 81.7 Å². The molecule has 1 aromatic heterocycles. The number of ether oxygens (including phenoxy) is 2. The van der Waals surface area contributed by atoms with Gasteiger partial charge in [-0.2, -0.15) is 0 Å². The first-order chi connectivity index (χ1) is 32.2. The van der Waals surface area contributed by atoms with Gasteiger partial charge in [0.1, 0.15) is 39.9 Å². The number of rotatable bonds is 8. The van der Waals surface area contributed by atoms with E-state index >= 15 is 0 Å². The van der Waals surface area contributed by atoms with E-state index in [9.17, 15) is 0 Å². The van der Waals surface area contributed by atoms with E-state index in [-0.39, 0.29) is 32.5 Å². The first kappa shape index (κ1) is 53.2. The number of methoxy groups -OCH3 is 2. The van der Waals surface area contributed by atoms with Crippen LogP contribution in [0.2, 0.25) is 0 Å². The molecule has 10 heteroatoms. The smallest absolute Gasteiger partial charge is 0.463 e. The van der Waals surface area contributed by atoms with E-state index in [1.54, 1.807) is 14.2 Å². The van der Waals surface area contributed by atoms with Crippen LogP contribution >= 0.6 is 16.8 Å². The lowest BCUT2D eigenvalue weighted by molar-refractivity contribution is 0.229. The number of fused-ring (bicyclic) bond motifs is 4. The molecule has 0 aliphatic carbocycles. The van der Waals surface area contributed by atoms with Crippen LogP contribution in [0.4, 0.5) is 0 Å². The molecule has 6 aromatic rings. The van der Waals surface area contributed by atoms with Crippen LogP contribution in [0.15, 0.2) is 69.1 Å². The Balaban J connectivity index is 1.47. The summed E-state index contributed by atoms with van der Waals surface area (Å²) >= 11 is 0. The Morgan fingerprint density at radius 1 is 0.471 bits per heavy atom. The molecular weight excluding hydrogens is 911 g/mol. The quantitative estimate of drug-likeness (QED) is 0.140. The summed E-state index contributed by atoms with van der Waals surface area (Å²) in [4.78, 5) is 0. The van der Waals surface area contributed by atoms with E-state index in [1.165, 1.54) is 5.56 Å². The Bertz CT molecular complexity index is 2910. The highest BCUT2D eigenvalue weighted by molar-refractivity contribution is 7.42. The Morgan fingerprint density at radius 2 is 0.900 bits per heavy atom. The van der Waals surface area contributed by atoms with Crippen LogP contribution in [0.25, 0.3) is 21.9 Å². The van der Waals surface area contributed by atoms with Gasteiger partial charge in [-0.15, -0.1) is 0 Å². The zero-order valence-corrected chi connectivity index (χ0v) is 48.1. The minimum absolute atomic E-state index is 0.0452. The second-order valence-electron chi connectivity index (χ2n) is 25.6. The highest BCUT2D eigenvalue weighted by atomic mass is 31.2. The zero-order valence-electron chi connectivity index (χ0n) is 46.3. The predicted octanol–water partition coefficient (Wildman–Crippen LogP) is 18.4. The molecule has 8 nitrogen and oxygen atoms in total. The summed E-state index contributed by atoms with van der Waals surface area (Å²) in [7, 11) is -0.560. The number of hydrogen-bond donors (Lipinski definition) is 0. The van der Waals surface area contributed by atoms with Gasteiger partial charge in [0.25, 0.3) is 0 Å². The zero-order chi connectivity index (χ0) is 51.8. The van der Waals surface area contributed by atoms with E-state index in [0.717, 1.165) is 83.3 Å². The average Bonchev–Trinajstić information content (AvgIpc) is 3.37. The maximum absolute atomic E-state index is 7.41. The number of benzene rings is 5. The molecule has 378 valence electrons. The third kappa shape index (κ3) is 11.2. The molecule has 1 aliphatic rings. The highest BCUT2D eigenvalue weighted by Crippen LogP contribution is 2.55. The second-order valence-corrected chi connectivity index (χ2v) is 27.6. The molecule has 0 saturated heterocycles. The molecule has 70 heavy (non-hydrogen) atoms. The molecule has 2 heterocycles. The van der Waals surface area contributed by atoms with Crippen molar-refractivity contribution < 1.29 is 36.0 Å². The van der Waals surface area contributed by atoms with E-state index in [1.807, 2.05) is 0 Å². The molecular formula is C60H80O8P2. The van der Waals surface area contributed by atoms with E-state index in [0.29, 0.717) is 36.0 Å². The van der Waals surface area contributed by atoms with Crippen LogP contribution in [0.3, 0.4) is 0 Å². The minimum Gasteiger partial charge on any atom is -0.497 e. The van der Waals surface area contributed by atoms with Crippen LogP contribution < -0.4 is 23.0 Å². The lowest BCUT2D eigenvalue weighted by Gasteiger charge is -2.33. The number of hydrogen-bond acceptors (Lipinski definition) is 8. The van der Waals surface area contributed by atoms with Gasteiger partial charge in [-0.25, -0.2) is 0 Å². The normalized spacial score (nSPS) is 14.9. The molecule has 7 rings (SSSR count). The third-order valence-electron chi connectivity index (χ3n) is 13.1. The second kappa shape index (κ2) is 18.8. The molecule has 1 atom stereocenters. The summed E-state index contributed by atoms with van der Waals surface area (Å²) in [5, 5.41) is 2.00. The van der Waals surface area contributed by atoms with Crippen LogP contribution in [-0.2, 0) is 50.0 Å². The van der Waals surface area contributed by atoms with Crippen LogP contribution in [-0.4, -0.2) is 14.2 Å². The first-order valence-corrected chi connectivity index (χ1v) is 26.9. The lowest BCUT2D eigenvalue weighted by atomic mass is 9.79. The van der Waals surface area contributed by atoms with Crippen molar-refractivity contribution in [3.8, 4) is 28.7 Å². The summed E-state index contributed by atoms with van der Waals surface area (Å²) < 4.78 is 54.6. The molecule has 0 N–H and O–H groups in total. The summed E-state index contributed by atoms with van der Waals surface area (Å²) in [5.41, 5.74) is 11.7. The maximum atomic E-state index is 7.41. The van der Waals surface area contributed by atoms with Crippen molar-refractivity contribution in [2.24, 2.45) is 0 Å². The molecule has 1 unspecified atom stereocenters. The Labute approximate surface area is 421 Å². The molecule has 0 saturated carbocycles. The van der Waals surface area contributed by atoms with Crippen LogP contribution in [0, 0.1) is 13.8 Å². The fourth-order valence-corrected chi connectivity index (χ4v) is 11.4. The highest BCUT2D eigenvalue weighted by Gasteiger charge is 2.36. The monoisotopic (exact) mass is 991 g/mol.